The van der Waals surface area contributed by atoms with Gasteiger partial charge in [0, 0.05) is 24.3 Å². The third kappa shape index (κ3) is 3.48. The first-order chi connectivity index (χ1) is 11.4. The largest absolute Gasteiger partial charge is 0.446 e. The van der Waals surface area contributed by atoms with Gasteiger partial charge in [-0.2, -0.15) is 13.2 Å². The minimum Gasteiger partial charge on any atom is -0.310 e. The highest BCUT2D eigenvalue weighted by Crippen LogP contribution is 2.37. The number of imidazole rings is 1. The first-order valence-corrected chi connectivity index (χ1v) is 8.70. The summed E-state index contributed by atoms with van der Waals surface area (Å²) in [6.45, 7) is 2.01. The molecule has 3 rings (SSSR count). The van der Waals surface area contributed by atoms with E-state index in [1.54, 1.807) is 29.6 Å². The van der Waals surface area contributed by atoms with E-state index in [-0.39, 0.29) is 16.7 Å². The number of hydrogen-bond acceptors (Lipinski definition) is 6. The quantitative estimate of drug-likeness (QED) is 0.642. The lowest BCUT2D eigenvalue weighted by atomic mass is 10.4. The molecule has 0 spiro atoms. The number of pyridine rings is 1. The van der Waals surface area contributed by atoms with Crippen molar-refractivity contribution in [2.45, 2.75) is 22.2 Å². The summed E-state index contributed by atoms with van der Waals surface area (Å²) in [4.78, 5) is 17.7. The smallest absolute Gasteiger partial charge is 0.310 e. The van der Waals surface area contributed by atoms with E-state index in [4.69, 9.17) is 0 Å². The second kappa shape index (κ2) is 6.60. The summed E-state index contributed by atoms with van der Waals surface area (Å²) in [6, 6.07) is 1.39. The van der Waals surface area contributed by atoms with Gasteiger partial charge in [-0.1, -0.05) is 6.92 Å². The molecule has 0 unspecified atom stereocenters. The van der Waals surface area contributed by atoms with Crippen LogP contribution in [-0.4, -0.2) is 35.8 Å². The molecule has 10 heteroatoms. The molecule has 0 atom stereocenters. The summed E-state index contributed by atoms with van der Waals surface area (Å²) in [5, 5.41) is 0. The van der Waals surface area contributed by atoms with Crippen molar-refractivity contribution in [2.75, 3.05) is 5.75 Å². The second-order valence-electron chi connectivity index (χ2n) is 4.72. The SMILES string of the molecule is CCSc1cncnc1-c1nc2cc(SC(F)(F)F)cnc2n1C. The van der Waals surface area contributed by atoms with Gasteiger partial charge in [0.25, 0.3) is 0 Å². The van der Waals surface area contributed by atoms with E-state index >= 15 is 0 Å². The van der Waals surface area contributed by atoms with Gasteiger partial charge in [-0.3, -0.25) is 0 Å². The predicted molar refractivity (Wildman–Crippen MR) is 87.8 cm³/mol. The van der Waals surface area contributed by atoms with Gasteiger partial charge in [0.1, 0.15) is 17.5 Å². The maximum Gasteiger partial charge on any atom is 0.446 e. The monoisotopic (exact) mass is 371 g/mol. The summed E-state index contributed by atoms with van der Waals surface area (Å²) in [5.41, 5.74) is -2.82. The van der Waals surface area contributed by atoms with Crippen molar-refractivity contribution >= 4 is 34.7 Å². The van der Waals surface area contributed by atoms with Crippen LogP contribution in [0.3, 0.4) is 0 Å². The maximum absolute atomic E-state index is 12.5. The van der Waals surface area contributed by atoms with Crippen molar-refractivity contribution in [3.63, 3.8) is 0 Å². The van der Waals surface area contributed by atoms with Crippen molar-refractivity contribution in [1.82, 2.24) is 24.5 Å². The summed E-state index contributed by atoms with van der Waals surface area (Å²) < 4.78 is 39.3. The number of aryl methyl sites for hydroxylation is 1. The number of rotatable bonds is 4. The normalized spacial score (nSPS) is 12.0. The third-order valence-corrected chi connectivity index (χ3v) is 4.70. The molecule has 126 valence electrons. The van der Waals surface area contributed by atoms with E-state index in [1.165, 1.54) is 18.6 Å². The molecule has 0 fully saturated rings. The van der Waals surface area contributed by atoms with Crippen molar-refractivity contribution in [3.8, 4) is 11.5 Å². The van der Waals surface area contributed by atoms with Crippen molar-refractivity contribution < 1.29 is 13.2 Å². The van der Waals surface area contributed by atoms with Gasteiger partial charge < -0.3 is 4.57 Å². The van der Waals surface area contributed by atoms with Crippen LogP contribution in [0.1, 0.15) is 6.92 Å². The Morgan fingerprint density at radius 2 is 2.00 bits per heavy atom. The lowest BCUT2D eigenvalue weighted by Crippen LogP contribution is -1.99. The molecule has 0 amide bonds. The highest BCUT2D eigenvalue weighted by molar-refractivity contribution is 8.00. The Balaban J connectivity index is 2.09. The Kier molecular flexibility index (Phi) is 4.68. The van der Waals surface area contributed by atoms with E-state index in [0.29, 0.717) is 22.7 Å². The zero-order valence-corrected chi connectivity index (χ0v) is 14.3. The van der Waals surface area contributed by atoms with Gasteiger partial charge in [0.15, 0.2) is 11.5 Å². The Morgan fingerprint density at radius 3 is 2.71 bits per heavy atom. The molecule has 0 saturated heterocycles. The van der Waals surface area contributed by atoms with Crippen LogP contribution < -0.4 is 0 Å². The standard InChI is InChI=1S/C14H12F3N5S2/c1-3-23-10-6-18-7-20-11(10)13-21-9-4-8(24-14(15,16)17)5-19-12(9)22(13)2/h4-7H,3H2,1-2H3. The van der Waals surface area contributed by atoms with Crippen LogP contribution in [0.2, 0.25) is 0 Å². The van der Waals surface area contributed by atoms with E-state index in [0.717, 1.165) is 10.6 Å². The first-order valence-electron chi connectivity index (χ1n) is 6.90. The van der Waals surface area contributed by atoms with Crippen molar-refractivity contribution in [1.29, 1.82) is 0 Å². The van der Waals surface area contributed by atoms with E-state index in [1.807, 2.05) is 6.92 Å². The second-order valence-corrected chi connectivity index (χ2v) is 7.17. The van der Waals surface area contributed by atoms with E-state index in [2.05, 4.69) is 19.9 Å². The number of fused-ring (bicyclic) bond motifs is 1. The van der Waals surface area contributed by atoms with Gasteiger partial charge in [-0.15, -0.1) is 11.8 Å². The fraction of sp³-hybridized carbons (Fsp3) is 0.286. The van der Waals surface area contributed by atoms with Crippen LogP contribution in [0.25, 0.3) is 22.7 Å². The van der Waals surface area contributed by atoms with Crippen LogP contribution >= 0.6 is 23.5 Å². The minimum absolute atomic E-state index is 0.00509. The van der Waals surface area contributed by atoms with Crippen molar-refractivity contribution in [3.05, 3.63) is 24.8 Å². The molecule has 3 aromatic rings. The molecular weight excluding hydrogens is 359 g/mol. The summed E-state index contributed by atoms with van der Waals surface area (Å²) in [5.74, 6) is 1.39. The molecule has 0 saturated carbocycles. The number of aromatic nitrogens is 5. The van der Waals surface area contributed by atoms with Crippen molar-refractivity contribution in [2.24, 2.45) is 7.05 Å². The fourth-order valence-electron chi connectivity index (χ4n) is 2.20. The highest BCUT2D eigenvalue weighted by Gasteiger charge is 2.29. The van der Waals surface area contributed by atoms with Crippen LogP contribution in [-0.2, 0) is 7.05 Å². The van der Waals surface area contributed by atoms with Crippen LogP contribution in [0.5, 0.6) is 0 Å². The fourth-order valence-corrected chi connectivity index (χ4v) is 3.48. The molecule has 0 radical (unpaired) electrons. The van der Waals surface area contributed by atoms with Gasteiger partial charge >= 0.3 is 5.51 Å². The minimum atomic E-state index is -4.36. The van der Waals surface area contributed by atoms with E-state index in [9.17, 15) is 13.2 Å². The predicted octanol–water partition coefficient (Wildman–Crippen LogP) is 4.15. The average Bonchev–Trinajstić information content (AvgIpc) is 2.83. The van der Waals surface area contributed by atoms with E-state index < -0.39 is 5.51 Å². The molecule has 0 aromatic carbocycles. The molecule has 3 heterocycles. The zero-order chi connectivity index (χ0) is 17.3. The molecule has 3 aromatic heterocycles. The number of nitrogens with zero attached hydrogens (tertiary/aromatic N) is 5. The Hall–Kier alpha value is -1.81. The highest BCUT2D eigenvalue weighted by atomic mass is 32.2. The lowest BCUT2D eigenvalue weighted by molar-refractivity contribution is -0.0328. The van der Waals surface area contributed by atoms with Crippen LogP contribution in [0.15, 0.2) is 34.6 Å². The van der Waals surface area contributed by atoms with Gasteiger partial charge in [0.2, 0.25) is 0 Å². The maximum atomic E-state index is 12.5. The number of alkyl halides is 3. The first kappa shape index (κ1) is 17.0. The molecule has 0 bridgehead atoms. The molecule has 0 N–H and O–H groups in total. The van der Waals surface area contributed by atoms with Crippen LogP contribution in [0.4, 0.5) is 13.2 Å². The van der Waals surface area contributed by atoms with Gasteiger partial charge in [-0.05, 0) is 23.6 Å². The zero-order valence-electron chi connectivity index (χ0n) is 12.7. The Labute approximate surface area is 144 Å². The molecule has 5 nitrogen and oxygen atoms in total. The Morgan fingerprint density at radius 1 is 1.21 bits per heavy atom. The van der Waals surface area contributed by atoms with Crippen LogP contribution in [0, 0.1) is 0 Å². The average molecular weight is 371 g/mol. The molecular formula is C14H12F3N5S2. The number of hydrogen-bond donors (Lipinski definition) is 0. The summed E-state index contributed by atoms with van der Waals surface area (Å²) in [7, 11) is 1.76. The molecule has 0 aliphatic heterocycles. The topological polar surface area (TPSA) is 56.5 Å². The number of halogens is 3. The summed E-state index contributed by atoms with van der Waals surface area (Å²) >= 11 is 1.37. The van der Waals surface area contributed by atoms with Gasteiger partial charge in [-0.25, -0.2) is 19.9 Å². The third-order valence-electron chi connectivity index (χ3n) is 3.11. The Bertz CT molecular complexity index is 878. The number of thioether (sulfide) groups is 2. The van der Waals surface area contributed by atoms with Gasteiger partial charge in [0.05, 0.1) is 4.90 Å². The lowest BCUT2D eigenvalue weighted by Gasteiger charge is -2.06. The molecule has 0 aliphatic carbocycles. The molecule has 0 aliphatic rings. The summed E-state index contributed by atoms with van der Waals surface area (Å²) in [6.07, 6.45) is 4.33. The molecule has 24 heavy (non-hydrogen) atoms.